The first-order valence-corrected chi connectivity index (χ1v) is 4.89. The third kappa shape index (κ3) is 1.18. The van der Waals surface area contributed by atoms with Crippen LogP contribution in [0, 0.1) is 5.92 Å². The van der Waals surface area contributed by atoms with Crippen molar-refractivity contribution in [1.82, 2.24) is 0 Å². The smallest absolute Gasteiger partial charge is 0.133 e. The molecular weight excluding hydrogens is 152 g/mol. The van der Waals surface area contributed by atoms with Crippen LogP contribution in [0.2, 0.25) is 0 Å². The molecule has 2 heteroatoms. The summed E-state index contributed by atoms with van der Waals surface area (Å²) in [4.78, 5) is 11.2. The molecule has 1 heterocycles. The van der Waals surface area contributed by atoms with Crippen molar-refractivity contribution in [1.29, 1.82) is 0 Å². The Morgan fingerprint density at radius 3 is 2.92 bits per heavy atom. The van der Waals surface area contributed by atoms with Gasteiger partial charge in [0.15, 0.2) is 0 Å². The topological polar surface area (TPSA) is 26.3 Å². The van der Waals surface area contributed by atoms with Gasteiger partial charge >= 0.3 is 0 Å². The summed E-state index contributed by atoms with van der Waals surface area (Å²) >= 11 is 0. The Morgan fingerprint density at radius 1 is 1.50 bits per heavy atom. The summed E-state index contributed by atoms with van der Waals surface area (Å²) in [7, 11) is 0. The van der Waals surface area contributed by atoms with E-state index in [4.69, 9.17) is 4.74 Å². The highest BCUT2D eigenvalue weighted by atomic mass is 16.5. The molecule has 2 atom stereocenters. The van der Waals surface area contributed by atoms with Gasteiger partial charge in [0.1, 0.15) is 5.78 Å². The SMILES string of the molecule is C[C@@H]1CC(=O)CC[C@]12CCCO2. The molecule has 1 aliphatic carbocycles. The maximum absolute atomic E-state index is 11.2. The van der Waals surface area contributed by atoms with Gasteiger partial charge in [-0.1, -0.05) is 6.92 Å². The molecular formula is C10H16O2. The molecule has 2 rings (SSSR count). The first kappa shape index (κ1) is 8.24. The largest absolute Gasteiger partial charge is 0.375 e. The van der Waals surface area contributed by atoms with E-state index in [0.717, 1.165) is 25.9 Å². The van der Waals surface area contributed by atoms with Gasteiger partial charge in [-0.05, 0) is 25.2 Å². The zero-order valence-electron chi connectivity index (χ0n) is 7.64. The van der Waals surface area contributed by atoms with Gasteiger partial charge < -0.3 is 4.74 Å². The number of carbonyl (C=O) groups is 1. The molecule has 0 radical (unpaired) electrons. The number of Topliss-reactive ketones (excluding diaryl/α,β-unsaturated/α-hetero) is 1. The fourth-order valence-corrected chi connectivity index (χ4v) is 2.53. The van der Waals surface area contributed by atoms with Gasteiger partial charge in [0, 0.05) is 19.4 Å². The van der Waals surface area contributed by atoms with E-state index in [0.29, 0.717) is 11.7 Å². The lowest BCUT2D eigenvalue weighted by Crippen LogP contribution is -2.41. The second kappa shape index (κ2) is 2.84. The van der Waals surface area contributed by atoms with Gasteiger partial charge in [-0.2, -0.15) is 0 Å². The van der Waals surface area contributed by atoms with Crippen LogP contribution in [0.4, 0.5) is 0 Å². The number of ketones is 1. The van der Waals surface area contributed by atoms with Crippen LogP contribution in [0.5, 0.6) is 0 Å². The third-order valence-corrected chi connectivity index (χ3v) is 3.39. The molecule has 0 aromatic rings. The van der Waals surface area contributed by atoms with E-state index >= 15 is 0 Å². The van der Waals surface area contributed by atoms with Crippen molar-refractivity contribution in [3.63, 3.8) is 0 Å². The van der Waals surface area contributed by atoms with E-state index in [1.807, 2.05) is 0 Å². The minimum atomic E-state index is 0.0912. The van der Waals surface area contributed by atoms with Crippen LogP contribution in [0.1, 0.15) is 39.0 Å². The highest BCUT2D eigenvalue weighted by molar-refractivity contribution is 5.79. The van der Waals surface area contributed by atoms with E-state index in [-0.39, 0.29) is 5.60 Å². The van der Waals surface area contributed by atoms with E-state index in [9.17, 15) is 4.79 Å². The quantitative estimate of drug-likeness (QED) is 0.552. The van der Waals surface area contributed by atoms with Crippen LogP contribution >= 0.6 is 0 Å². The first-order chi connectivity index (χ1) is 5.73. The lowest BCUT2D eigenvalue weighted by Gasteiger charge is -2.37. The number of hydrogen-bond donors (Lipinski definition) is 0. The molecule has 2 fully saturated rings. The summed E-state index contributed by atoms with van der Waals surface area (Å²) < 4.78 is 5.79. The summed E-state index contributed by atoms with van der Waals surface area (Å²) in [6.07, 6.45) is 4.79. The summed E-state index contributed by atoms with van der Waals surface area (Å²) in [5, 5.41) is 0. The van der Waals surface area contributed by atoms with E-state index in [1.165, 1.54) is 12.8 Å². The standard InChI is InChI=1S/C10H16O2/c1-8-7-9(11)3-5-10(8)4-2-6-12-10/h8H,2-7H2,1H3/t8-,10-/m1/s1. The molecule has 1 saturated carbocycles. The van der Waals surface area contributed by atoms with Crippen LogP contribution in [0.25, 0.3) is 0 Å². The Bertz CT molecular complexity index is 192. The van der Waals surface area contributed by atoms with Gasteiger partial charge in [-0.15, -0.1) is 0 Å². The van der Waals surface area contributed by atoms with Gasteiger partial charge in [0.25, 0.3) is 0 Å². The normalized spacial score (nSPS) is 42.4. The molecule has 0 N–H and O–H groups in total. The second-order valence-corrected chi connectivity index (χ2v) is 4.16. The molecule has 0 aromatic carbocycles. The predicted octanol–water partition coefficient (Wildman–Crippen LogP) is 1.92. The molecule has 0 aromatic heterocycles. The highest BCUT2D eigenvalue weighted by Crippen LogP contribution is 2.42. The average molecular weight is 168 g/mol. The van der Waals surface area contributed by atoms with E-state index in [2.05, 4.69) is 6.92 Å². The first-order valence-electron chi connectivity index (χ1n) is 4.89. The molecule has 68 valence electrons. The van der Waals surface area contributed by atoms with E-state index in [1.54, 1.807) is 0 Å². The minimum Gasteiger partial charge on any atom is -0.375 e. The van der Waals surface area contributed by atoms with Crippen molar-refractivity contribution < 1.29 is 9.53 Å². The average Bonchev–Trinajstić information content (AvgIpc) is 2.48. The fraction of sp³-hybridized carbons (Fsp3) is 0.900. The van der Waals surface area contributed by atoms with Crippen LogP contribution in [-0.2, 0) is 9.53 Å². The van der Waals surface area contributed by atoms with Gasteiger partial charge in [0.05, 0.1) is 5.60 Å². The van der Waals surface area contributed by atoms with Crippen molar-refractivity contribution >= 4 is 5.78 Å². The molecule has 0 bridgehead atoms. The lowest BCUT2D eigenvalue weighted by atomic mass is 9.74. The second-order valence-electron chi connectivity index (χ2n) is 4.16. The number of carbonyl (C=O) groups excluding carboxylic acids is 1. The zero-order valence-corrected chi connectivity index (χ0v) is 7.64. The molecule has 12 heavy (non-hydrogen) atoms. The number of hydrogen-bond acceptors (Lipinski definition) is 2. The molecule has 1 saturated heterocycles. The highest BCUT2D eigenvalue weighted by Gasteiger charge is 2.43. The Kier molecular flexibility index (Phi) is 1.95. The monoisotopic (exact) mass is 168 g/mol. The Morgan fingerprint density at radius 2 is 2.33 bits per heavy atom. The third-order valence-electron chi connectivity index (χ3n) is 3.39. The fourth-order valence-electron chi connectivity index (χ4n) is 2.53. The molecule has 0 amide bonds. The van der Waals surface area contributed by atoms with Crippen molar-refractivity contribution in [3.8, 4) is 0 Å². The Hall–Kier alpha value is -0.370. The predicted molar refractivity (Wildman–Crippen MR) is 45.9 cm³/mol. The number of rotatable bonds is 0. The Labute approximate surface area is 73.3 Å². The summed E-state index contributed by atoms with van der Waals surface area (Å²) in [6, 6.07) is 0. The molecule has 1 aliphatic heterocycles. The van der Waals surface area contributed by atoms with Crippen molar-refractivity contribution in [3.05, 3.63) is 0 Å². The van der Waals surface area contributed by atoms with Crippen LogP contribution in [-0.4, -0.2) is 18.0 Å². The summed E-state index contributed by atoms with van der Waals surface area (Å²) in [5.74, 6) is 0.866. The molecule has 1 spiro atoms. The van der Waals surface area contributed by atoms with Crippen LogP contribution in [0.3, 0.4) is 0 Å². The summed E-state index contributed by atoms with van der Waals surface area (Å²) in [5.41, 5.74) is 0.0912. The van der Waals surface area contributed by atoms with Crippen molar-refractivity contribution in [2.45, 2.75) is 44.6 Å². The van der Waals surface area contributed by atoms with Crippen molar-refractivity contribution in [2.24, 2.45) is 5.92 Å². The Balaban J connectivity index is 2.10. The maximum Gasteiger partial charge on any atom is 0.133 e. The van der Waals surface area contributed by atoms with E-state index < -0.39 is 0 Å². The van der Waals surface area contributed by atoms with Crippen molar-refractivity contribution in [2.75, 3.05) is 6.61 Å². The van der Waals surface area contributed by atoms with Gasteiger partial charge in [-0.3, -0.25) is 4.79 Å². The maximum atomic E-state index is 11.2. The number of ether oxygens (including phenoxy) is 1. The van der Waals surface area contributed by atoms with Crippen LogP contribution in [0.15, 0.2) is 0 Å². The minimum absolute atomic E-state index is 0.0912. The summed E-state index contributed by atoms with van der Waals surface area (Å²) in [6.45, 7) is 3.06. The zero-order chi connectivity index (χ0) is 8.60. The lowest BCUT2D eigenvalue weighted by molar-refractivity contribution is -0.131. The van der Waals surface area contributed by atoms with Crippen LogP contribution < -0.4 is 0 Å². The molecule has 0 unspecified atom stereocenters. The van der Waals surface area contributed by atoms with Gasteiger partial charge in [0.2, 0.25) is 0 Å². The molecule has 2 nitrogen and oxygen atoms in total. The van der Waals surface area contributed by atoms with Gasteiger partial charge in [-0.25, -0.2) is 0 Å². The molecule has 2 aliphatic rings.